The van der Waals surface area contributed by atoms with Crippen molar-refractivity contribution >= 4 is 35.4 Å². The molecule has 36 heavy (non-hydrogen) atoms. The lowest BCUT2D eigenvalue weighted by molar-refractivity contribution is 0.641. The lowest BCUT2D eigenvalue weighted by atomic mass is 9.84. The summed E-state index contributed by atoms with van der Waals surface area (Å²) in [7, 11) is 4.22. The minimum absolute atomic E-state index is 0.0781. The lowest BCUT2D eigenvalue weighted by Crippen LogP contribution is -2.23. The van der Waals surface area contributed by atoms with Crippen LogP contribution >= 0.6 is 0 Å². The van der Waals surface area contributed by atoms with Gasteiger partial charge < -0.3 is 9.80 Å². The molecule has 0 unspecified atom stereocenters. The lowest BCUT2D eigenvalue weighted by Gasteiger charge is -2.23. The van der Waals surface area contributed by atoms with Gasteiger partial charge in [0.05, 0.1) is 0 Å². The molecule has 2 aliphatic heterocycles. The molecule has 5 rings (SSSR count). The fraction of sp³-hybridized carbons (Fsp3) is 0.258. The third kappa shape index (κ3) is 3.95. The van der Waals surface area contributed by atoms with E-state index in [1.165, 1.54) is 33.9 Å². The average molecular weight is 476 g/mol. The fourth-order valence-corrected chi connectivity index (χ4v) is 5.53. The summed E-state index contributed by atoms with van der Waals surface area (Å²) in [5, 5.41) is 0. The second kappa shape index (κ2) is 8.90. The van der Waals surface area contributed by atoms with E-state index in [2.05, 4.69) is 127 Å². The number of nitrogens with zero attached hydrogens (tertiary/aromatic N) is 5. The van der Waals surface area contributed by atoms with Crippen LogP contribution in [0.5, 0.6) is 0 Å². The van der Waals surface area contributed by atoms with Gasteiger partial charge in [-0.15, -0.1) is 0 Å². The predicted octanol–water partition coefficient (Wildman–Crippen LogP) is 7.11. The van der Waals surface area contributed by atoms with Crippen LogP contribution in [-0.2, 0) is 10.8 Å². The van der Waals surface area contributed by atoms with E-state index in [0.29, 0.717) is 11.6 Å². The highest BCUT2D eigenvalue weighted by atomic mass is 15.2. The van der Waals surface area contributed by atoms with Crippen LogP contribution in [0.3, 0.4) is 0 Å². The van der Waals surface area contributed by atoms with Crippen LogP contribution in [0.25, 0.3) is 0 Å². The Balaban J connectivity index is 1.34. The molecule has 0 fully saturated rings. The Bertz CT molecular complexity index is 1320. The van der Waals surface area contributed by atoms with Gasteiger partial charge in [0.1, 0.15) is 0 Å². The van der Waals surface area contributed by atoms with Crippen molar-refractivity contribution in [2.45, 2.75) is 38.5 Å². The maximum absolute atomic E-state index is 4.61. The monoisotopic (exact) mass is 475 g/mol. The Morgan fingerprint density at radius 3 is 1.44 bits per heavy atom. The molecule has 182 valence electrons. The van der Waals surface area contributed by atoms with Crippen LogP contribution in [-0.4, -0.2) is 31.5 Å². The highest BCUT2D eigenvalue weighted by molar-refractivity contribution is 5.82. The van der Waals surface area contributed by atoms with Crippen LogP contribution in [0.15, 0.2) is 100 Å². The molecule has 2 aromatic carbocycles. The largest absolute Gasteiger partial charge is 0.347 e. The van der Waals surface area contributed by atoms with Crippen LogP contribution in [0, 0.1) is 0 Å². The summed E-state index contributed by atoms with van der Waals surface area (Å²) in [6.07, 6.45) is 7.84. The number of rotatable bonds is 4. The number of benzene rings is 2. The normalized spacial score (nSPS) is 20.2. The highest BCUT2D eigenvalue weighted by Crippen LogP contribution is 2.47. The van der Waals surface area contributed by atoms with Crippen molar-refractivity contribution in [1.29, 1.82) is 0 Å². The van der Waals surface area contributed by atoms with Gasteiger partial charge >= 0.3 is 0 Å². The summed E-state index contributed by atoms with van der Waals surface area (Å²) in [5.74, 6) is 1.27. The van der Waals surface area contributed by atoms with Crippen molar-refractivity contribution in [3.8, 4) is 0 Å². The second-order valence-corrected chi connectivity index (χ2v) is 10.4. The average Bonchev–Trinajstić information content (AvgIpc) is 3.19. The van der Waals surface area contributed by atoms with Gasteiger partial charge in [0.25, 0.3) is 0 Å². The van der Waals surface area contributed by atoms with Gasteiger partial charge in [0.2, 0.25) is 0 Å². The first kappa shape index (κ1) is 23.7. The third-order valence-electron chi connectivity index (χ3n) is 7.48. The van der Waals surface area contributed by atoms with Gasteiger partial charge in [-0.1, -0.05) is 70.2 Å². The van der Waals surface area contributed by atoms with E-state index < -0.39 is 0 Å². The summed E-state index contributed by atoms with van der Waals surface area (Å²) in [6.45, 7) is 8.99. The van der Waals surface area contributed by atoms with Crippen LogP contribution in [0.1, 0.15) is 38.8 Å². The van der Waals surface area contributed by atoms with Gasteiger partial charge in [-0.05, 0) is 47.5 Å². The molecule has 5 heteroatoms. The maximum atomic E-state index is 4.61. The van der Waals surface area contributed by atoms with E-state index in [1.54, 1.807) is 0 Å². The summed E-state index contributed by atoms with van der Waals surface area (Å²) in [4.78, 5) is 18.3. The zero-order valence-electron chi connectivity index (χ0n) is 21.9. The fourth-order valence-electron chi connectivity index (χ4n) is 5.53. The zero-order valence-corrected chi connectivity index (χ0v) is 21.9. The van der Waals surface area contributed by atoms with Gasteiger partial charge in [0.15, 0.2) is 11.6 Å². The molecule has 1 aromatic heterocycles. The Kier molecular flexibility index (Phi) is 5.87. The first-order valence-electron chi connectivity index (χ1n) is 12.3. The number of pyridine rings is 1. The summed E-state index contributed by atoms with van der Waals surface area (Å²) < 4.78 is 0. The first-order valence-corrected chi connectivity index (χ1v) is 12.3. The number of likely N-dealkylation sites (N-methyl/N-ethyl adjacent to an activating group) is 2. The minimum atomic E-state index is -0.0781. The Morgan fingerprint density at radius 2 is 1.03 bits per heavy atom. The standard InChI is InChI=1S/C31H33N5/c1-30(2)22-12-7-9-14-24(22)35(5)26(30)18-20-32-28-16-11-17-29(34-28)33-21-19-27-31(3,4)23-13-8-10-15-25(23)36(27)6/h7-21H,1-6H3/b26-18?,27-19?,32-20+,33-21?. The summed E-state index contributed by atoms with van der Waals surface area (Å²) >= 11 is 0. The Labute approximate surface area is 214 Å². The van der Waals surface area contributed by atoms with E-state index in [0.717, 1.165) is 0 Å². The molecule has 0 atom stereocenters. The minimum Gasteiger partial charge on any atom is -0.347 e. The Hall–Kier alpha value is -3.99. The number of aliphatic imine (C=N–C) groups is 2. The van der Waals surface area contributed by atoms with E-state index in [4.69, 9.17) is 0 Å². The maximum Gasteiger partial charge on any atom is 0.154 e. The van der Waals surface area contributed by atoms with Gasteiger partial charge in [-0.25, -0.2) is 15.0 Å². The number of aromatic nitrogens is 1. The molecule has 0 saturated carbocycles. The van der Waals surface area contributed by atoms with E-state index in [1.807, 2.05) is 30.6 Å². The topological polar surface area (TPSA) is 44.1 Å². The van der Waals surface area contributed by atoms with Crippen LogP contribution in [0.4, 0.5) is 23.0 Å². The van der Waals surface area contributed by atoms with Crippen molar-refractivity contribution in [3.63, 3.8) is 0 Å². The molecule has 0 radical (unpaired) electrons. The zero-order chi connectivity index (χ0) is 25.5. The first-order chi connectivity index (χ1) is 17.2. The number of hydrogen-bond acceptors (Lipinski definition) is 5. The second-order valence-electron chi connectivity index (χ2n) is 10.4. The molecule has 0 saturated heterocycles. The number of fused-ring (bicyclic) bond motifs is 2. The molecule has 2 aliphatic rings. The smallest absolute Gasteiger partial charge is 0.154 e. The molecule has 5 nitrogen and oxygen atoms in total. The molecule has 0 N–H and O–H groups in total. The summed E-state index contributed by atoms with van der Waals surface area (Å²) in [6, 6.07) is 22.8. The highest BCUT2D eigenvalue weighted by Gasteiger charge is 2.38. The molecule has 0 spiro atoms. The summed E-state index contributed by atoms with van der Waals surface area (Å²) in [5.41, 5.74) is 7.39. The number of anilines is 2. The molecule has 3 heterocycles. The Morgan fingerprint density at radius 1 is 0.611 bits per heavy atom. The van der Waals surface area contributed by atoms with E-state index in [-0.39, 0.29) is 10.8 Å². The van der Waals surface area contributed by atoms with E-state index in [9.17, 15) is 0 Å². The number of hydrogen-bond donors (Lipinski definition) is 0. The van der Waals surface area contributed by atoms with Gasteiger partial charge in [-0.2, -0.15) is 0 Å². The number of allylic oxidation sites excluding steroid dienone is 4. The molecule has 0 aliphatic carbocycles. The van der Waals surface area contributed by atoms with Crippen molar-refractivity contribution in [3.05, 3.63) is 101 Å². The SMILES string of the molecule is CN1C(=CC=Nc2cccc(/N=C/C=C3N(C)c4ccccc4C3(C)C)n2)C(C)(C)c2ccccc21. The van der Waals surface area contributed by atoms with Crippen molar-refractivity contribution in [2.24, 2.45) is 9.98 Å². The van der Waals surface area contributed by atoms with Gasteiger partial charge in [0, 0.05) is 60.1 Å². The van der Waals surface area contributed by atoms with Crippen molar-refractivity contribution in [1.82, 2.24) is 4.98 Å². The molecule has 0 amide bonds. The molecule has 3 aromatic rings. The predicted molar refractivity (Wildman–Crippen MR) is 152 cm³/mol. The quantitative estimate of drug-likeness (QED) is 0.378. The number of para-hydroxylation sites is 2. The van der Waals surface area contributed by atoms with Crippen molar-refractivity contribution in [2.75, 3.05) is 23.9 Å². The van der Waals surface area contributed by atoms with E-state index >= 15 is 0 Å². The third-order valence-corrected chi connectivity index (χ3v) is 7.48. The molecule has 0 bridgehead atoms. The molecular weight excluding hydrogens is 442 g/mol. The van der Waals surface area contributed by atoms with Gasteiger partial charge in [-0.3, -0.25) is 0 Å². The van der Waals surface area contributed by atoms with Crippen LogP contribution in [0.2, 0.25) is 0 Å². The molecular formula is C31H33N5. The van der Waals surface area contributed by atoms with Crippen LogP contribution < -0.4 is 9.80 Å². The van der Waals surface area contributed by atoms with Crippen molar-refractivity contribution < 1.29 is 0 Å².